The molecule has 2 heteroatoms. The quantitative estimate of drug-likeness (QED) is 0.694. The van der Waals surface area contributed by atoms with Gasteiger partial charge in [-0.3, -0.25) is 4.98 Å². The van der Waals surface area contributed by atoms with E-state index in [-0.39, 0.29) is 6.04 Å². The van der Waals surface area contributed by atoms with Gasteiger partial charge in [0.25, 0.3) is 0 Å². The minimum atomic E-state index is -0.0128. The average molecular weight is 174 g/mol. The second-order valence-corrected chi connectivity index (χ2v) is 2.92. The van der Waals surface area contributed by atoms with Crippen LogP contribution in [0.1, 0.15) is 30.6 Å². The van der Waals surface area contributed by atoms with Gasteiger partial charge in [-0.05, 0) is 25.5 Å². The molecule has 1 rings (SSSR count). The lowest BCUT2D eigenvalue weighted by Gasteiger charge is -2.10. The van der Waals surface area contributed by atoms with Crippen LogP contribution < -0.4 is 5.73 Å². The molecular weight excluding hydrogens is 160 g/mol. The highest BCUT2D eigenvalue weighted by atomic mass is 14.7. The van der Waals surface area contributed by atoms with Crippen LogP contribution in [0, 0.1) is 18.8 Å². The van der Waals surface area contributed by atoms with Crippen LogP contribution in [-0.2, 0) is 0 Å². The van der Waals surface area contributed by atoms with Crippen molar-refractivity contribution in [2.75, 3.05) is 0 Å². The fourth-order valence-electron chi connectivity index (χ4n) is 1.21. The van der Waals surface area contributed by atoms with Gasteiger partial charge in [-0.25, -0.2) is 0 Å². The Morgan fingerprint density at radius 3 is 3.00 bits per heavy atom. The van der Waals surface area contributed by atoms with E-state index in [1.54, 1.807) is 6.20 Å². The molecule has 0 saturated heterocycles. The summed E-state index contributed by atoms with van der Waals surface area (Å²) < 4.78 is 0. The molecule has 0 bridgehead atoms. The van der Waals surface area contributed by atoms with E-state index in [1.807, 2.05) is 26.0 Å². The maximum absolute atomic E-state index is 5.94. The maximum atomic E-state index is 5.94. The molecule has 2 N–H and O–H groups in total. The first-order valence-electron chi connectivity index (χ1n) is 4.32. The van der Waals surface area contributed by atoms with E-state index < -0.39 is 0 Å². The minimum absolute atomic E-state index is 0.0128. The molecule has 1 aromatic rings. The standard InChI is InChI=1S/C11H14N2/c1-3-4-7-11(12)10-6-5-8-13-9(10)2/h5-6,8,11H,7,12H2,1-2H3. The lowest BCUT2D eigenvalue weighted by Crippen LogP contribution is -2.11. The van der Waals surface area contributed by atoms with Crippen molar-refractivity contribution >= 4 is 0 Å². The van der Waals surface area contributed by atoms with Gasteiger partial charge in [-0.1, -0.05) is 6.07 Å². The summed E-state index contributed by atoms with van der Waals surface area (Å²) in [4.78, 5) is 4.18. The van der Waals surface area contributed by atoms with Gasteiger partial charge in [0.1, 0.15) is 0 Å². The van der Waals surface area contributed by atoms with Crippen LogP contribution >= 0.6 is 0 Å². The van der Waals surface area contributed by atoms with Gasteiger partial charge in [0.2, 0.25) is 0 Å². The van der Waals surface area contributed by atoms with Crippen LogP contribution in [0.2, 0.25) is 0 Å². The molecule has 0 aliphatic rings. The Labute approximate surface area is 79.2 Å². The number of nitrogens with zero attached hydrogens (tertiary/aromatic N) is 1. The highest BCUT2D eigenvalue weighted by molar-refractivity contribution is 5.23. The molecule has 2 nitrogen and oxygen atoms in total. The van der Waals surface area contributed by atoms with E-state index in [1.165, 1.54) is 0 Å². The van der Waals surface area contributed by atoms with Crippen molar-refractivity contribution in [3.8, 4) is 11.8 Å². The lowest BCUT2D eigenvalue weighted by atomic mass is 10.0. The molecule has 0 aliphatic heterocycles. The van der Waals surface area contributed by atoms with Crippen molar-refractivity contribution in [1.82, 2.24) is 4.98 Å². The van der Waals surface area contributed by atoms with Crippen molar-refractivity contribution in [2.24, 2.45) is 5.73 Å². The summed E-state index contributed by atoms with van der Waals surface area (Å²) in [6.45, 7) is 3.79. The third-order valence-electron chi connectivity index (χ3n) is 1.95. The molecule has 0 fully saturated rings. The van der Waals surface area contributed by atoms with Gasteiger partial charge < -0.3 is 5.73 Å². The van der Waals surface area contributed by atoms with Gasteiger partial charge in [0, 0.05) is 24.4 Å². The van der Waals surface area contributed by atoms with E-state index in [9.17, 15) is 0 Å². The van der Waals surface area contributed by atoms with E-state index >= 15 is 0 Å². The number of hydrogen-bond donors (Lipinski definition) is 1. The summed E-state index contributed by atoms with van der Waals surface area (Å²) in [7, 11) is 0. The summed E-state index contributed by atoms with van der Waals surface area (Å²) in [5, 5.41) is 0. The van der Waals surface area contributed by atoms with Gasteiger partial charge in [-0.15, -0.1) is 11.8 Å². The predicted octanol–water partition coefficient (Wildman–Crippen LogP) is 1.80. The summed E-state index contributed by atoms with van der Waals surface area (Å²) in [6.07, 6.45) is 2.47. The largest absolute Gasteiger partial charge is 0.323 e. The van der Waals surface area contributed by atoms with Crippen LogP contribution in [0.5, 0.6) is 0 Å². The average Bonchev–Trinajstić information content (AvgIpc) is 2.15. The second kappa shape index (κ2) is 4.64. The molecule has 0 saturated carbocycles. The highest BCUT2D eigenvalue weighted by Gasteiger charge is 2.06. The SMILES string of the molecule is CC#CCC(N)c1cccnc1C. The fraction of sp³-hybridized carbons (Fsp3) is 0.364. The highest BCUT2D eigenvalue weighted by Crippen LogP contribution is 2.15. The van der Waals surface area contributed by atoms with Crippen LogP contribution in [0.25, 0.3) is 0 Å². The van der Waals surface area contributed by atoms with E-state index in [2.05, 4.69) is 16.8 Å². The Morgan fingerprint density at radius 1 is 1.62 bits per heavy atom. The molecule has 0 radical (unpaired) electrons. The zero-order valence-corrected chi connectivity index (χ0v) is 8.04. The van der Waals surface area contributed by atoms with Crippen LogP contribution in [0.3, 0.4) is 0 Å². The molecule has 1 atom stereocenters. The monoisotopic (exact) mass is 174 g/mol. The molecule has 1 heterocycles. The normalized spacial score (nSPS) is 11.6. The molecule has 13 heavy (non-hydrogen) atoms. The van der Waals surface area contributed by atoms with Crippen molar-refractivity contribution in [3.63, 3.8) is 0 Å². The van der Waals surface area contributed by atoms with Gasteiger partial charge in [-0.2, -0.15) is 0 Å². The smallest absolute Gasteiger partial charge is 0.0423 e. The molecule has 0 amide bonds. The first-order chi connectivity index (χ1) is 6.25. The first kappa shape index (κ1) is 9.76. The van der Waals surface area contributed by atoms with Crippen molar-refractivity contribution in [3.05, 3.63) is 29.6 Å². The van der Waals surface area contributed by atoms with E-state index in [0.717, 1.165) is 11.3 Å². The van der Waals surface area contributed by atoms with E-state index in [4.69, 9.17) is 5.73 Å². The zero-order valence-electron chi connectivity index (χ0n) is 8.04. The maximum Gasteiger partial charge on any atom is 0.0423 e. The molecule has 1 unspecified atom stereocenters. The molecule has 0 spiro atoms. The Balaban J connectivity index is 2.80. The number of nitrogens with two attached hydrogens (primary N) is 1. The molecular formula is C11H14N2. The summed E-state index contributed by atoms with van der Waals surface area (Å²) in [6, 6.07) is 3.90. The number of pyridine rings is 1. The van der Waals surface area contributed by atoms with Crippen LogP contribution in [-0.4, -0.2) is 4.98 Å². The molecule has 68 valence electrons. The Hall–Kier alpha value is -1.33. The predicted molar refractivity (Wildman–Crippen MR) is 54.0 cm³/mol. The number of rotatable bonds is 2. The van der Waals surface area contributed by atoms with E-state index in [0.29, 0.717) is 6.42 Å². The third kappa shape index (κ3) is 2.57. The summed E-state index contributed by atoms with van der Waals surface area (Å²) in [5.41, 5.74) is 8.02. The molecule has 0 aromatic carbocycles. The van der Waals surface area contributed by atoms with Gasteiger partial charge in [0.05, 0.1) is 0 Å². The van der Waals surface area contributed by atoms with Crippen LogP contribution in [0.15, 0.2) is 18.3 Å². The minimum Gasteiger partial charge on any atom is -0.323 e. The Morgan fingerprint density at radius 2 is 2.38 bits per heavy atom. The second-order valence-electron chi connectivity index (χ2n) is 2.92. The summed E-state index contributed by atoms with van der Waals surface area (Å²) >= 11 is 0. The van der Waals surface area contributed by atoms with Crippen LogP contribution in [0.4, 0.5) is 0 Å². The topological polar surface area (TPSA) is 38.9 Å². The van der Waals surface area contributed by atoms with Crippen molar-refractivity contribution in [1.29, 1.82) is 0 Å². The number of aromatic nitrogens is 1. The molecule has 0 aliphatic carbocycles. The number of aryl methyl sites for hydroxylation is 1. The third-order valence-corrected chi connectivity index (χ3v) is 1.95. The Kier molecular flexibility index (Phi) is 3.48. The van der Waals surface area contributed by atoms with Gasteiger partial charge >= 0.3 is 0 Å². The van der Waals surface area contributed by atoms with Gasteiger partial charge in [0.15, 0.2) is 0 Å². The Bertz CT molecular complexity index is 333. The summed E-state index contributed by atoms with van der Waals surface area (Å²) in [5.74, 6) is 5.81. The lowest BCUT2D eigenvalue weighted by molar-refractivity contribution is 0.740. The first-order valence-corrected chi connectivity index (χ1v) is 4.32. The zero-order chi connectivity index (χ0) is 9.68. The number of hydrogen-bond acceptors (Lipinski definition) is 2. The van der Waals surface area contributed by atoms with Crippen molar-refractivity contribution in [2.45, 2.75) is 26.3 Å². The fourth-order valence-corrected chi connectivity index (χ4v) is 1.21. The molecule has 1 aromatic heterocycles. The van der Waals surface area contributed by atoms with Crippen molar-refractivity contribution < 1.29 is 0 Å².